The third kappa shape index (κ3) is 6.18. The molecular weight excluding hydrogens is 396 g/mol. The second-order valence-electron chi connectivity index (χ2n) is 8.14. The lowest BCUT2D eigenvalue weighted by molar-refractivity contribution is 0.0485. The summed E-state index contributed by atoms with van der Waals surface area (Å²) in [4.78, 5) is 28.5. The number of aromatic nitrogens is 1. The van der Waals surface area contributed by atoms with Gasteiger partial charge in [-0.15, -0.1) is 0 Å². The summed E-state index contributed by atoms with van der Waals surface area (Å²) in [5.41, 5.74) is 0.214. The molecule has 7 nitrogen and oxygen atoms in total. The van der Waals surface area contributed by atoms with Crippen LogP contribution in [0.1, 0.15) is 36.8 Å². The van der Waals surface area contributed by atoms with Gasteiger partial charge in [-0.05, 0) is 49.7 Å². The van der Waals surface area contributed by atoms with Crippen LogP contribution in [-0.2, 0) is 11.2 Å². The van der Waals surface area contributed by atoms with Crippen molar-refractivity contribution in [1.29, 1.82) is 0 Å². The molecule has 0 spiro atoms. The average molecular weight is 422 g/mol. The second-order valence-corrected chi connectivity index (χ2v) is 8.14. The van der Waals surface area contributed by atoms with Gasteiger partial charge in [0, 0.05) is 18.3 Å². The van der Waals surface area contributed by atoms with E-state index in [0.29, 0.717) is 11.8 Å². The Kier molecular flexibility index (Phi) is 6.74. The number of carbonyl (C=O) groups is 2. The van der Waals surface area contributed by atoms with Crippen molar-refractivity contribution in [2.24, 2.45) is 0 Å². The van der Waals surface area contributed by atoms with E-state index in [-0.39, 0.29) is 17.9 Å². The number of carbonyl (C=O) groups excluding carboxylic acids is 1. The van der Waals surface area contributed by atoms with Crippen LogP contribution in [0.5, 0.6) is 5.75 Å². The van der Waals surface area contributed by atoms with Crippen molar-refractivity contribution in [2.75, 3.05) is 6.61 Å². The molecular formula is C24H26N2O5. The lowest BCUT2D eigenvalue weighted by atomic mass is 10.0. The number of alkyl carbamates (subject to hydrolysis) is 1. The minimum atomic E-state index is -1.08. The van der Waals surface area contributed by atoms with Crippen LogP contribution in [0.4, 0.5) is 4.79 Å². The molecule has 1 atom stereocenters. The number of pyridine rings is 1. The number of hydrogen-bond acceptors (Lipinski definition) is 5. The molecule has 0 saturated carbocycles. The van der Waals surface area contributed by atoms with E-state index in [1.807, 2.05) is 36.4 Å². The number of amides is 1. The van der Waals surface area contributed by atoms with E-state index in [9.17, 15) is 14.7 Å². The van der Waals surface area contributed by atoms with Crippen molar-refractivity contribution >= 4 is 22.8 Å². The predicted molar refractivity (Wildman–Crippen MR) is 118 cm³/mol. The van der Waals surface area contributed by atoms with E-state index in [1.54, 1.807) is 45.2 Å². The maximum atomic E-state index is 12.3. The number of rotatable bonds is 7. The molecule has 2 aromatic carbocycles. The summed E-state index contributed by atoms with van der Waals surface area (Å²) in [6.07, 6.45) is 1.50. The first kappa shape index (κ1) is 22.1. The maximum Gasteiger partial charge on any atom is 0.408 e. The maximum absolute atomic E-state index is 12.3. The van der Waals surface area contributed by atoms with Gasteiger partial charge in [0.05, 0.1) is 6.04 Å². The van der Waals surface area contributed by atoms with Crippen LogP contribution in [-0.4, -0.2) is 40.4 Å². The van der Waals surface area contributed by atoms with E-state index < -0.39 is 23.7 Å². The van der Waals surface area contributed by atoms with Gasteiger partial charge < -0.3 is 19.9 Å². The number of hydrogen-bond donors (Lipinski definition) is 2. The Bertz CT molecular complexity index is 1060. The molecule has 1 aromatic heterocycles. The first-order valence-electron chi connectivity index (χ1n) is 10.0. The predicted octanol–water partition coefficient (Wildman–Crippen LogP) is 4.45. The highest BCUT2D eigenvalue weighted by molar-refractivity contribution is 6.06. The highest BCUT2D eigenvalue weighted by atomic mass is 16.6. The molecule has 1 amide bonds. The third-order valence-corrected chi connectivity index (χ3v) is 4.45. The molecule has 3 rings (SSSR count). The second kappa shape index (κ2) is 9.47. The van der Waals surface area contributed by atoms with Gasteiger partial charge in [0.25, 0.3) is 0 Å². The van der Waals surface area contributed by atoms with Crippen molar-refractivity contribution in [3.8, 4) is 5.75 Å². The molecule has 0 bridgehead atoms. The summed E-state index contributed by atoms with van der Waals surface area (Å²) in [5, 5.41) is 14.0. The molecule has 2 N–H and O–H groups in total. The number of ether oxygens (including phenoxy) is 2. The van der Waals surface area contributed by atoms with Crippen LogP contribution >= 0.6 is 0 Å². The smallest absolute Gasteiger partial charge is 0.408 e. The SMILES string of the molecule is CC(C)(C)OC(=O)NC(COc1ccc2ccccc2c1C(=O)O)Cc1ccccn1. The van der Waals surface area contributed by atoms with E-state index in [4.69, 9.17) is 9.47 Å². The topological polar surface area (TPSA) is 97.8 Å². The number of carboxylic acids is 1. The average Bonchev–Trinajstić information content (AvgIpc) is 2.70. The third-order valence-electron chi connectivity index (χ3n) is 4.45. The van der Waals surface area contributed by atoms with Crippen molar-refractivity contribution in [3.63, 3.8) is 0 Å². The lowest BCUT2D eigenvalue weighted by Crippen LogP contribution is -2.43. The number of fused-ring (bicyclic) bond motifs is 1. The highest BCUT2D eigenvalue weighted by Gasteiger charge is 2.22. The van der Waals surface area contributed by atoms with E-state index in [2.05, 4.69) is 10.3 Å². The molecule has 0 aliphatic rings. The minimum Gasteiger partial charge on any atom is -0.491 e. The number of aromatic carboxylic acids is 1. The summed E-state index contributed by atoms with van der Waals surface area (Å²) in [6.45, 7) is 5.40. The van der Waals surface area contributed by atoms with Gasteiger partial charge in [-0.3, -0.25) is 4.98 Å². The van der Waals surface area contributed by atoms with Gasteiger partial charge in [0.2, 0.25) is 0 Å². The first-order valence-corrected chi connectivity index (χ1v) is 10.0. The molecule has 3 aromatic rings. The molecule has 0 aliphatic carbocycles. The minimum absolute atomic E-state index is 0.0500. The van der Waals surface area contributed by atoms with Crippen LogP contribution in [0.15, 0.2) is 60.8 Å². The Hall–Kier alpha value is -3.61. The van der Waals surface area contributed by atoms with E-state index in [0.717, 1.165) is 11.1 Å². The van der Waals surface area contributed by atoms with Gasteiger partial charge in [-0.1, -0.05) is 36.4 Å². The Balaban J connectivity index is 1.81. The zero-order valence-electron chi connectivity index (χ0n) is 17.8. The molecule has 162 valence electrons. The molecule has 1 heterocycles. The molecule has 0 radical (unpaired) electrons. The van der Waals surface area contributed by atoms with Crippen LogP contribution in [0.25, 0.3) is 10.8 Å². The summed E-state index contributed by atoms with van der Waals surface area (Å²) in [5.74, 6) is -0.837. The summed E-state index contributed by atoms with van der Waals surface area (Å²) in [6, 6.07) is 15.7. The van der Waals surface area contributed by atoms with Crippen molar-refractivity contribution in [3.05, 3.63) is 72.1 Å². The van der Waals surface area contributed by atoms with Gasteiger partial charge >= 0.3 is 12.1 Å². The number of benzene rings is 2. The Morgan fingerprint density at radius 1 is 1.06 bits per heavy atom. The zero-order valence-corrected chi connectivity index (χ0v) is 17.8. The molecule has 7 heteroatoms. The summed E-state index contributed by atoms with van der Waals surface area (Å²) in [7, 11) is 0. The Morgan fingerprint density at radius 3 is 2.48 bits per heavy atom. The van der Waals surface area contributed by atoms with Crippen LogP contribution in [0.3, 0.4) is 0 Å². The van der Waals surface area contributed by atoms with Crippen LogP contribution < -0.4 is 10.1 Å². The van der Waals surface area contributed by atoms with E-state index >= 15 is 0 Å². The number of carboxylic acid groups (broad SMARTS) is 1. The van der Waals surface area contributed by atoms with E-state index in [1.165, 1.54) is 0 Å². The number of nitrogens with one attached hydrogen (secondary N) is 1. The Morgan fingerprint density at radius 2 is 1.81 bits per heavy atom. The summed E-state index contributed by atoms with van der Waals surface area (Å²) < 4.78 is 11.3. The van der Waals surface area contributed by atoms with Gasteiger partial charge in [0.1, 0.15) is 23.5 Å². The van der Waals surface area contributed by atoms with Crippen molar-refractivity contribution in [2.45, 2.75) is 38.8 Å². The summed E-state index contributed by atoms with van der Waals surface area (Å²) >= 11 is 0. The van der Waals surface area contributed by atoms with Crippen LogP contribution in [0, 0.1) is 0 Å². The molecule has 0 saturated heterocycles. The van der Waals surface area contributed by atoms with Gasteiger partial charge in [-0.2, -0.15) is 0 Å². The van der Waals surface area contributed by atoms with Crippen molar-refractivity contribution in [1.82, 2.24) is 10.3 Å². The van der Waals surface area contributed by atoms with Crippen molar-refractivity contribution < 1.29 is 24.2 Å². The van der Waals surface area contributed by atoms with Gasteiger partial charge in [-0.25, -0.2) is 9.59 Å². The van der Waals surface area contributed by atoms with Gasteiger partial charge in [0.15, 0.2) is 0 Å². The fourth-order valence-corrected chi connectivity index (χ4v) is 3.18. The standard InChI is InChI=1S/C24H26N2O5/c1-24(2,3)31-23(29)26-18(14-17-9-6-7-13-25-17)15-30-20-12-11-16-8-4-5-10-19(16)21(20)22(27)28/h4-13,18H,14-15H2,1-3H3,(H,26,29)(H,27,28). The largest absolute Gasteiger partial charge is 0.491 e. The monoisotopic (exact) mass is 422 g/mol. The number of nitrogens with zero attached hydrogens (tertiary/aromatic N) is 1. The normalized spacial score (nSPS) is 12.2. The first-order chi connectivity index (χ1) is 14.7. The molecule has 1 unspecified atom stereocenters. The van der Waals surface area contributed by atoms with Crippen LogP contribution in [0.2, 0.25) is 0 Å². The lowest BCUT2D eigenvalue weighted by Gasteiger charge is -2.24. The fourth-order valence-electron chi connectivity index (χ4n) is 3.18. The molecule has 0 aliphatic heterocycles. The molecule has 0 fully saturated rings. The molecule has 31 heavy (non-hydrogen) atoms. The highest BCUT2D eigenvalue weighted by Crippen LogP contribution is 2.28. The Labute approximate surface area is 181 Å². The zero-order chi connectivity index (χ0) is 22.4. The fraction of sp³-hybridized carbons (Fsp3) is 0.292. The quantitative estimate of drug-likeness (QED) is 0.584.